The largest absolute Gasteiger partial charge is 0.372 e. The minimum Gasteiger partial charge on any atom is -0.372 e. The van der Waals surface area contributed by atoms with E-state index in [1.54, 1.807) is 0 Å². The minimum absolute atomic E-state index is 0.116. The summed E-state index contributed by atoms with van der Waals surface area (Å²) in [6, 6.07) is 17.0. The minimum atomic E-state index is 0.116. The molecule has 0 aliphatic carbocycles. The van der Waals surface area contributed by atoms with E-state index in [2.05, 4.69) is 70.6 Å². The standard InChI is InChI=1S/C25H33N3O/c1-20-7-3-4-8-22(20)19-27-17-13-21(14-18-27)25(29)26-23-9-11-24(12-10-23)28-15-5-2-6-16-28/h3-4,7-12,21H,2,5-6,13-19H2,1H3,(H,26,29). The lowest BCUT2D eigenvalue weighted by Gasteiger charge is -2.31. The van der Waals surface area contributed by atoms with Crippen molar-refractivity contribution in [3.05, 3.63) is 59.7 Å². The number of piperidine rings is 2. The molecule has 2 fully saturated rings. The van der Waals surface area contributed by atoms with Crippen LogP contribution in [0.2, 0.25) is 0 Å². The van der Waals surface area contributed by atoms with Gasteiger partial charge in [0.25, 0.3) is 0 Å². The van der Waals surface area contributed by atoms with Crippen molar-refractivity contribution < 1.29 is 4.79 Å². The van der Waals surface area contributed by atoms with Gasteiger partial charge in [-0.1, -0.05) is 24.3 Å². The van der Waals surface area contributed by atoms with Crippen molar-refractivity contribution in [1.82, 2.24) is 4.90 Å². The number of likely N-dealkylation sites (tertiary alicyclic amines) is 1. The van der Waals surface area contributed by atoms with Gasteiger partial charge < -0.3 is 10.2 Å². The van der Waals surface area contributed by atoms with E-state index in [4.69, 9.17) is 0 Å². The van der Waals surface area contributed by atoms with Gasteiger partial charge in [-0.05, 0) is 87.5 Å². The molecule has 4 nitrogen and oxygen atoms in total. The summed E-state index contributed by atoms with van der Waals surface area (Å²) in [6.45, 7) is 7.42. The van der Waals surface area contributed by atoms with Crippen LogP contribution in [0.1, 0.15) is 43.2 Å². The zero-order valence-electron chi connectivity index (χ0n) is 17.6. The number of anilines is 2. The van der Waals surface area contributed by atoms with Crippen molar-refractivity contribution in [2.45, 2.75) is 45.6 Å². The molecule has 0 atom stereocenters. The van der Waals surface area contributed by atoms with E-state index < -0.39 is 0 Å². The summed E-state index contributed by atoms with van der Waals surface area (Å²) in [5, 5.41) is 3.14. The molecule has 2 aliphatic heterocycles. The summed E-state index contributed by atoms with van der Waals surface area (Å²) in [4.78, 5) is 17.6. The van der Waals surface area contributed by atoms with Gasteiger partial charge in [-0.3, -0.25) is 9.69 Å². The fourth-order valence-electron chi connectivity index (χ4n) is 4.53. The highest BCUT2D eigenvalue weighted by Crippen LogP contribution is 2.24. The average Bonchev–Trinajstić information content (AvgIpc) is 2.77. The van der Waals surface area contributed by atoms with Crippen LogP contribution in [0, 0.1) is 12.8 Å². The molecule has 2 aliphatic rings. The van der Waals surface area contributed by atoms with E-state index in [0.717, 1.165) is 51.3 Å². The predicted octanol–water partition coefficient (Wildman–Crippen LogP) is 4.84. The van der Waals surface area contributed by atoms with Gasteiger partial charge in [0.1, 0.15) is 0 Å². The van der Waals surface area contributed by atoms with Crippen molar-refractivity contribution in [2.75, 3.05) is 36.4 Å². The Labute approximate surface area is 174 Å². The van der Waals surface area contributed by atoms with Gasteiger partial charge >= 0.3 is 0 Å². The van der Waals surface area contributed by atoms with Crippen molar-refractivity contribution in [1.29, 1.82) is 0 Å². The number of amides is 1. The second-order valence-electron chi connectivity index (χ2n) is 8.56. The highest BCUT2D eigenvalue weighted by Gasteiger charge is 2.25. The number of rotatable bonds is 5. The van der Waals surface area contributed by atoms with Crippen molar-refractivity contribution >= 4 is 17.3 Å². The summed E-state index contributed by atoms with van der Waals surface area (Å²) in [6.07, 6.45) is 5.77. The third-order valence-electron chi connectivity index (χ3n) is 6.47. The number of carbonyl (C=O) groups excluding carboxylic acids is 1. The molecule has 4 rings (SSSR count). The summed E-state index contributed by atoms with van der Waals surface area (Å²) < 4.78 is 0. The maximum atomic E-state index is 12.7. The normalized spacial score (nSPS) is 18.6. The van der Waals surface area contributed by atoms with Crippen LogP contribution in [0.3, 0.4) is 0 Å². The lowest BCUT2D eigenvalue weighted by atomic mass is 9.95. The van der Waals surface area contributed by atoms with E-state index >= 15 is 0 Å². The number of aryl methyl sites for hydroxylation is 1. The van der Waals surface area contributed by atoms with Gasteiger partial charge in [0.15, 0.2) is 0 Å². The predicted molar refractivity (Wildman–Crippen MR) is 120 cm³/mol. The van der Waals surface area contributed by atoms with Crippen LogP contribution in [0.5, 0.6) is 0 Å². The summed E-state index contributed by atoms with van der Waals surface area (Å²) in [7, 11) is 0. The van der Waals surface area contributed by atoms with Crippen LogP contribution < -0.4 is 10.2 Å². The van der Waals surface area contributed by atoms with Crippen LogP contribution in [-0.2, 0) is 11.3 Å². The molecule has 0 spiro atoms. The molecule has 0 radical (unpaired) electrons. The lowest BCUT2D eigenvalue weighted by molar-refractivity contribution is -0.121. The third-order valence-corrected chi connectivity index (χ3v) is 6.47. The lowest BCUT2D eigenvalue weighted by Crippen LogP contribution is -2.37. The molecular formula is C25H33N3O. The highest BCUT2D eigenvalue weighted by atomic mass is 16.1. The summed E-state index contributed by atoms with van der Waals surface area (Å²) >= 11 is 0. The van der Waals surface area contributed by atoms with Gasteiger partial charge in [0, 0.05) is 36.9 Å². The van der Waals surface area contributed by atoms with Crippen LogP contribution in [-0.4, -0.2) is 37.0 Å². The molecule has 2 aromatic rings. The fraction of sp³-hybridized carbons (Fsp3) is 0.480. The topological polar surface area (TPSA) is 35.6 Å². The average molecular weight is 392 g/mol. The number of nitrogens with one attached hydrogen (secondary N) is 1. The van der Waals surface area contributed by atoms with Crippen LogP contribution >= 0.6 is 0 Å². The van der Waals surface area contributed by atoms with E-state index in [0.29, 0.717) is 0 Å². The van der Waals surface area contributed by atoms with Crippen LogP contribution in [0.25, 0.3) is 0 Å². The Balaban J connectivity index is 1.26. The molecule has 29 heavy (non-hydrogen) atoms. The Morgan fingerprint density at radius 1 is 0.931 bits per heavy atom. The number of benzene rings is 2. The smallest absolute Gasteiger partial charge is 0.227 e. The molecule has 0 aromatic heterocycles. The molecular weight excluding hydrogens is 358 g/mol. The van der Waals surface area contributed by atoms with Gasteiger partial charge in [0.05, 0.1) is 0 Å². The van der Waals surface area contributed by atoms with Gasteiger partial charge in [-0.15, -0.1) is 0 Å². The quantitative estimate of drug-likeness (QED) is 0.792. The molecule has 0 unspecified atom stereocenters. The zero-order valence-corrected chi connectivity index (χ0v) is 17.6. The first-order valence-electron chi connectivity index (χ1n) is 11.1. The van der Waals surface area contributed by atoms with Gasteiger partial charge in [-0.25, -0.2) is 0 Å². The van der Waals surface area contributed by atoms with Crippen molar-refractivity contribution in [3.8, 4) is 0 Å². The second-order valence-corrected chi connectivity index (χ2v) is 8.56. The van der Waals surface area contributed by atoms with Gasteiger partial charge in [-0.2, -0.15) is 0 Å². The van der Waals surface area contributed by atoms with Crippen molar-refractivity contribution in [3.63, 3.8) is 0 Å². The maximum absolute atomic E-state index is 12.7. The summed E-state index contributed by atoms with van der Waals surface area (Å²) in [5.74, 6) is 0.288. The third kappa shape index (κ3) is 5.18. The molecule has 1 amide bonds. The SMILES string of the molecule is Cc1ccccc1CN1CCC(C(=O)Nc2ccc(N3CCCCC3)cc2)CC1. The number of carbonyl (C=O) groups is 1. The second kappa shape index (κ2) is 9.45. The number of hydrogen-bond acceptors (Lipinski definition) is 3. The van der Waals surface area contributed by atoms with Crippen molar-refractivity contribution in [2.24, 2.45) is 5.92 Å². The molecule has 1 N–H and O–H groups in total. The Morgan fingerprint density at radius 3 is 2.31 bits per heavy atom. The Kier molecular flexibility index (Phi) is 6.50. The number of hydrogen-bond donors (Lipinski definition) is 1. The molecule has 4 heteroatoms. The molecule has 154 valence electrons. The monoisotopic (exact) mass is 391 g/mol. The van der Waals surface area contributed by atoms with Gasteiger partial charge in [0.2, 0.25) is 5.91 Å². The fourth-order valence-corrected chi connectivity index (χ4v) is 4.53. The Morgan fingerprint density at radius 2 is 1.62 bits per heavy atom. The maximum Gasteiger partial charge on any atom is 0.227 e. The van der Waals surface area contributed by atoms with Crippen LogP contribution in [0.4, 0.5) is 11.4 Å². The van der Waals surface area contributed by atoms with E-state index in [-0.39, 0.29) is 11.8 Å². The molecule has 2 saturated heterocycles. The summed E-state index contributed by atoms with van der Waals surface area (Å²) in [5.41, 5.74) is 4.93. The van der Waals surface area contributed by atoms with E-state index in [9.17, 15) is 4.79 Å². The van der Waals surface area contributed by atoms with E-state index in [1.165, 1.54) is 36.1 Å². The molecule has 0 bridgehead atoms. The molecule has 0 saturated carbocycles. The molecule has 2 aromatic carbocycles. The first-order chi connectivity index (χ1) is 14.2. The van der Waals surface area contributed by atoms with Crippen LogP contribution in [0.15, 0.2) is 48.5 Å². The Hall–Kier alpha value is -2.33. The highest BCUT2D eigenvalue weighted by molar-refractivity contribution is 5.92. The van der Waals surface area contributed by atoms with E-state index in [1.807, 2.05) is 0 Å². The molecule has 2 heterocycles. The number of nitrogens with zero attached hydrogens (tertiary/aromatic N) is 2. The first-order valence-corrected chi connectivity index (χ1v) is 11.1. The first kappa shape index (κ1) is 20.0. The zero-order chi connectivity index (χ0) is 20.1. The Bertz CT molecular complexity index is 803.